The Morgan fingerprint density at radius 2 is 1.76 bits per heavy atom. The Morgan fingerprint density at radius 1 is 0.973 bits per heavy atom. The molecule has 4 aromatic carbocycles. The molecule has 0 bridgehead atoms. The number of aliphatic hydroxyl groups excluding tert-OH is 1. The van der Waals surface area contributed by atoms with Gasteiger partial charge < -0.3 is 20.7 Å². The molecule has 0 aliphatic rings. The molecule has 4 N–H and O–H groups in total. The van der Waals surface area contributed by atoms with Crippen LogP contribution in [0.4, 0.5) is 5.69 Å². The molecule has 0 fully saturated rings. The molecule has 2 aromatic heterocycles. The molecule has 0 aliphatic heterocycles. The zero-order chi connectivity index (χ0) is 25.5. The van der Waals surface area contributed by atoms with E-state index in [2.05, 4.69) is 52.3 Å². The van der Waals surface area contributed by atoms with Crippen molar-refractivity contribution in [2.75, 3.05) is 11.9 Å². The number of fused-ring (bicyclic) bond motifs is 4. The number of hydrogen-bond acceptors (Lipinski definition) is 4. The maximum atomic E-state index is 12.1. The minimum absolute atomic E-state index is 0.0685. The Bertz CT molecular complexity index is 1800. The third kappa shape index (κ3) is 3.88. The Kier molecular flexibility index (Phi) is 5.58. The molecule has 0 aliphatic carbocycles. The van der Waals surface area contributed by atoms with Crippen molar-refractivity contribution in [3.05, 3.63) is 103 Å². The van der Waals surface area contributed by atoms with Gasteiger partial charge in [0.1, 0.15) is 0 Å². The zero-order valence-corrected chi connectivity index (χ0v) is 20.3. The molecule has 6 rings (SSSR count). The number of nitrogens with zero attached hydrogens (tertiary/aromatic N) is 2. The van der Waals surface area contributed by atoms with Crippen LogP contribution in [-0.2, 0) is 0 Å². The van der Waals surface area contributed by atoms with Crippen molar-refractivity contribution in [3.8, 4) is 16.8 Å². The summed E-state index contributed by atoms with van der Waals surface area (Å²) in [7, 11) is 0. The van der Waals surface area contributed by atoms with Gasteiger partial charge in [-0.25, -0.2) is 0 Å². The van der Waals surface area contributed by atoms with Crippen LogP contribution in [0.15, 0.2) is 97.2 Å². The fourth-order valence-corrected chi connectivity index (χ4v) is 5.07. The molecule has 1 unspecified atom stereocenters. The van der Waals surface area contributed by atoms with E-state index in [1.54, 1.807) is 6.07 Å². The van der Waals surface area contributed by atoms with Gasteiger partial charge in [0.15, 0.2) is 0 Å². The lowest BCUT2D eigenvalue weighted by molar-refractivity contribution is 0.100. The third-order valence-electron chi connectivity index (χ3n) is 6.80. The second kappa shape index (κ2) is 9.08. The average Bonchev–Trinajstić information content (AvgIpc) is 3.27. The van der Waals surface area contributed by atoms with E-state index in [0.29, 0.717) is 11.3 Å². The van der Waals surface area contributed by atoms with Crippen LogP contribution >= 0.6 is 0 Å². The smallest absolute Gasteiger partial charge is 0.250 e. The second-order valence-corrected chi connectivity index (χ2v) is 9.29. The van der Waals surface area contributed by atoms with Crippen LogP contribution in [0.1, 0.15) is 17.3 Å². The summed E-state index contributed by atoms with van der Waals surface area (Å²) in [6.07, 6.45) is 1.93. The largest absolute Gasteiger partial charge is 0.394 e. The fraction of sp³-hybridized carbons (Fsp3) is 0.0968. The molecule has 0 radical (unpaired) electrons. The number of amides is 1. The minimum Gasteiger partial charge on any atom is -0.394 e. The number of primary amides is 1. The fourth-order valence-electron chi connectivity index (χ4n) is 5.07. The summed E-state index contributed by atoms with van der Waals surface area (Å²) in [5, 5.41) is 16.1. The number of carbonyl (C=O) groups excluding carboxylic acids is 1. The second-order valence-electron chi connectivity index (χ2n) is 9.29. The van der Waals surface area contributed by atoms with Crippen molar-refractivity contribution in [2.45, 2.75) is 13.0 Å². The van der Waals surface area contributed by atoms with Crippen LogP contribution in [0.25, 0.3) is 49.5 Å². The van der Waals surface area contributed by atoms with Gasteiger partial charge in [0.05, 0.1) is 28.7 Å². The van der Waals surface area contributed by atoms with Gasteiger partial charge in [-0.1, -0.05) is 48.5 Å². The number of aromatic nitrogens is 2. The van der Waals surface area contributed by atoms with E-state index in [4.69, 9.17) is 10.7 Å². The van der Waals surface area contributed by atoms with Crippen molar-refractivity contribution in [2.24, 2.45) is 5.73 Å². The Balaban J connectivity index is 1.62. The lowest BCUT2D eigenvalue weighted by atomic mass is 9.99. The molecule has 0 saturated carbocycles. The molecule has 2 heterocycles. The van der Waals surface area contributed by atoms with E-state index in [1.165, 1.54) is 0 Å². The van der Waals surface area contributed by atoms with Crippen molar-refractivity contribution >= 4 is 44.3 Å². The highest BCUT2D eigenvalue weighted by atomic mass is 16.3. The van der Waals surface area contributed by atoms with Crippen LogP contribution < -0.4 is 11.1 Å². The third-order valence-corrected chi connectivity index (χ3v) is 6.80. The molecular weight excluding hydrogens is 460 g/mol. The summed E-state index contributed by atoms with van der Waals surface area (Å²) in [6, 6.07) is 30.3. The van der Waals surface area contributed by atoms with Gasteiger partial charge in [-0.3, -0.25) is 9.78 Å². The van der Waals surface area contributed by atoms with Crippen molar-refractivity contribution in [1.82, 2.24) is 9.55 Å². The van der Waals surface area contributed by atoms with Gasteiger partial charge in [-0.05, 0) is 55.0 Å². The van der Waals surface area contributed by atoms with E-state index < -0.39 is 5.91 Å². The maximum Gasteiger partial charge on any atom is 0.250 e. The number of para-hydroxylation sites is 2. The first-order valence-electron chi connectivity index (χ1n) is 12.2. The van der Waals surface area contributed by atoms with Gasteiger partial charge >= 0.3 is 0 Å². The standard InChI is InChI=1S/C31H26N4O2/c1-19(18-36)34-27-16-22(13-14-24(27)31(32)37)35-28-11-5-3-8-25(28)30-23(9-6-12-29(30)35)21-15-20-7-2-4-10-26(20)33-17-21/h2-17,19,34,36H,18H2,1H3,(H2,32,37). The highest BCUT2D eigenvalue weighted by Crippen LogP contribution is 2.39. The van der Waals surface area contributed by atoms with Crippen LogP contribution in [0.2, 0.25) is 0 Å². The number of rotatable bonds is 6. The highest BCUT2D eigenvalue weighted by molar-refractivity contribution is 6.16. The van der Waals surface area contributed by atoms with Crippen LogP contribution in [0.3, 0.4) is 0 Å². The number of pyridine rings is 1. The lowest BCUT2D eigenvalue weighted by Crippen LogP contribution is -2.22. The van der Waals surface area contributed by atoms with Gasteiger partial charge in [0, 0.05) is 45.3 Å². The minimum atomic E-state index is -0.521. The average molecular weight is 487 g/mol. The quantitative estimate of drug-likeness (QED) is 0.274. The van der Waals surface area contributed by atoms with Crippen LogP contribution in [0.5, 0.6) is 0 Å². The van der Waals surface area contributed by atoms with Crippen molar-refractivity contribution in [3.63, 3.8) is 0 Å². The van der Waals surface area contributed by atoms with Gasteiger partial charge in [-0.2, -0.15) is 0 Å². The molecule has 1 amide bonds. The first kappa shape index (κ1) is 22.8. The maximum absolute atomic E-state index is 12.1. The molecule has 6 heteroatoms. The summed E-state index contributed by atoms with van der Waals surface area (Å²) < 4.78 is 2.20. The van der Waals surface area contributed by atoms with Crippen LogP contribution in [0, 0.1) is 0 Å². The van der Waals surface area contributed by atoms with E-state index in [9.17, 15) is 9.90 Å². The number of anilines is 1. The Morgan fingerprint density at radius 3 is 2.59 bits per heavy atom. The van der Waals surface area contributed by atoms with E-state index in [1.807, 2.05) is 55.6 Å². The first-order valence-corrected chi connectivity index (χ1v) is 12.2. The van der Waals surface area contributed by atoms with Crippen LogP contribution in [-0.4, -0.2) is 33.2 Å². The van der Waals surface area contributed by atoms with Gasteiger partial charge in [0.25, 0.3) is 5.91 Å². The molecule has 37 heavy (non-hydrogen) atoms. The molecule has 6 nitrogen and oxygen atoms in total. The predicted octanol–water partition coefficient (Wildman–Crippen LogP) is 5.89. The predicted molar refractivity (Wildman–Crippen MR) is 150 cm³/mol. The summed E-state index contributed by atoms with van der Waals surface area (Å²) in [5.41, 5.74) is 12.7. The number of nitrogens with two attached hydrogens (primary N) is 1. The normalized spacial score (nSPS) is 12.3. The van der Waals surface area contributed by atoms with Crippen molar-refractivity contribution in [1.29, 1.82) is 0 Å². The first-order chi connectivity index (χ1) is 18.0. The summed E-state index contributed by atoms with van der Waals surface area (Å²) in [6.45, 7) is 1.78. The number of benzene rings is 4. The van der Waals surface area contributed by atoms with E-state index in [0.717, 1.165) is 49.5 Å². The van der Waals surface area contributed by atoms with E-state index in [-0.39, 0.29) is 12.6 Å². The molecule has 0 saturated heterocycles. The number of hydrogen-bond donors (Lipinski definition) is 3. The molecule has 1 atom stereocenters. The van der Waals surface area contributed by atoms with Gasteiger partial charge in [0.2, 0.25) is 0 Å². The monoisotopic (exact) mass is 486 g/mol. The summed E-state index contributed by atoms with van der Waals surface area (Å²) in [4.78, 5) is 16.8. The molecule has 6 aromatic rings. The van der Waals surface area contributed by atoms with Crippen molar-refractivity contribution < 1.29 is 9.90 Å². The highest BCUT2D eigenvalue weighted by Gasteiger charge is 2.18. The SMILES string of the molecule is CC(CO)Nc1cc(-n2c3ccccc3c3c(-c4cnc5ccccc5c4)cccc32)ccc1C(N)=O. The van der Waals surface area contributed by atoms with Gasteiger partial charge in [-0.15, -0.1) is 0 Å². The number of carbonyl (C=O) groups is 1. The Hall–Kier alpha value is -4.68. The molecule has 0 spiro atoms. The number of aliphatic hydroxyl groups is 1. The topological polar surface area (TPSA) is 93.2 Å². The molecular formula is C31H26N4O2. The summed E-state index contributed by atoms with van der Waals surface area (Å²) in [5.74, 6) is -0.521. The Labute approximate surface area is 214 Å². The zero-order valence-electron chi connectivity index (χ0n) is 20.3. The number of nitrogens with one attached hydrogen (secondary N) is 1. The van der Waals surface area contributed by atoms with E-state index >= 15 is 0 Å². The molecule has 182 valence electrons. The lowest BCUT2D eigenvalue weighted by Gasteiger charge is -2.17. The summed E-state index contributed by atoms with van der Waals surface area (Å²) >= 11 is 0.